The van der Waals surface area contributed by atoms with Crippen LogP contribution in [-0.2, 0) is 24.7 Å². The number of fused-ring (bicyclic) bond motifs is 6. The normalized spacial score (nSPS) is 16.2. The Bertz CT molecular complexity index is 1620. The molecule has 10 nitrogen and oxygen atoms in total. The average molecular weight is 683 g/mol. The molecule has 2 atom stereocenters. The van der Waals surface area contributed by atoms with Gasteiger partial charge in [-0.25, -0.2) is 0 Å². The second kappa shape index (κ2) is 15.7. The van der Waals surface area contributed by atoms with Crippen LogP contribution in [0.15, 0.2) is 97.6 Å². The van der Waals surface area contributed by atoms with Crippen LogP contribution >= 0.6 is 0 Å². The molecule has 6 aromatic rings. The van der Waals surface area contributed by atoms with Gasteiger partial charge in [-0.3, -0.25) is 19.9 Å². The summed E-state index contributed by atoms with van der Waals surface area (Å²) in [5.74, 6) is 0. The first-order valence-electron chi connectivity index (χ1n) is 12.9. The molecule has 2 aromatic carbocycles. The molecule has 2 N–H and O–H groups in total. The Morgan fingerprint density at radius 2 is 0.786 bits per heavy atom. The fourth-order valence-corrected chi connectivity index (χ4v) is 4.45. The molecular formula is C30H28CuN4O6Se. The Morgan fingerprint density at radius 1 is 0.548 bits per heavy atom. The van der Waals surface area contributed by atoms with Crippen LogP contribution < -0.4 is 8.38 Å². The molecule has 0 bridgehead atoms. The van der Waals surface area contributed by atoms with E-state index in [1.54, 1.807) is 24.8 Å². The second-order valence-corrected chi connectivity index (χ2v) is 11.0. The predicted molar refractivity (Wildman–Crippen MR) is 152 cm³/mol. The maximum atomic E-state index is 8.93. The van der Waals surface area contributed by atoms with Crippen molar-refractivity contribution in [1.82, 2.24) is 19.9 Å². The quantitative estimate of drug-likeness (QED) is 0.179. The molecular weight excluding hydrogens is 655 g/mol. The molecule has 1 fully saturated rings. The molecule has 7 rings (SSSR count). The predicted octanol–water partition coefficient (Wildman–Crippen LogP) is 2.85. The third-order valence-electron chi connectivity index (χ3n) is 6.38. The zero-order valence-corrected chi connectivity index (χ0v) is 24.9. The van der Waals surface area contributed by atoms with Gasteiger partial charge in [0, 0.05) is 46.3 Å². The van der Waals surface area contributed by atoms with E-state index in [1.807, 2.05) is 24.3 Å². The summed E-state index contributed by atoms with van der Waals surface area (Å²) in [6.07, 6.45) is 10.0. The summed E-state index contributed by atoms with van der Waals surface area (Å²) in [5.41, 5.74) is 3.91. The number of aliphatic hydroxyl groups is 2. The van der Waals surface area contributed by atoms with Gasteiger partial charge < -0.3 is 10.2 Å². The third kappa shape index (κ3) is 9.55. The van der Waals surface area contributed by atoms with Crippen LogP contribution in [0.2, 0.25) is 0 Å². The SMILES string of the molecule is O=[Se](=O)([O-])[O-].O[C@@H]1CCCC[C@@H]1O.[Cu+2].c1cnc2c(c1)ccc1cccnc12.c1cnc2c(c1)ccc1cccnc12. The molecule has 12 heteroatoms. The number of nitrogens with zero attached hydrogens (tertiary/aromatic N) is 4. The van der Waals surface area contributed by atoms with Crippen molar-refractivity contribution in [3.05, 3.63) is 97.6 Å². The van der Waals surface area contributed by atoms with Crippen LogP contribution in [0.5, 0.6) is 0 Å². The number of hydrogen-bond acceptors (Lipinski definition) is 10. The summed E-state index contributed by atoms with van der Waals surface area (Å²) in [5, 5.41) is 22.4. The number of benzene rings is 2. The average Bonchev–Trinajstić information content (AvgIpc) is 2.98. The van der Waals surface area contributed by atoms with E-state index in [-0.39, 0.29) is 17.1 Å². The molecule has 4 aromatic heterocycles. The van der Waals surface area contributed by atoms with Crippen molar-refractivity contribution in [3.8, 4) is 0 Å². The minimum atomic E-state index is -5.75. The monoisotopic (exact) mass is 683 g/mol. The molecule has 0 amide bonds. The van der Waals surface area contributed by atoms with E-state index >= 15 is 0 Å². The molecule has 1 aliphatic rings. The molecule has 1 aliphatic carbocycles. The largest absolute Gasteiger partial charge is 2.00 e. The number of hydrogen-bond donors (Lipinski definition) is 2. The number of rotatable bonds is 0. The van der Waals surface area contributed by atoms with E-state index in [4.69, 9.17) is 26.3 Å². The fourth-order valence-electron chi connectivity index (χ4n) is 4.45. The molecule has 0 unspecified atom stereocenters. The number of aliphatic hydroxyl groups excluding tert-OH is 2. The van der Waals surface area contributed by atoms with Gasteiger partial charge in [0.1, 0.15) is 0 Å². The van der Waals surface area contributed by atoms with E-state index < -0.39 is 25.6 Å². The van der Waals surface area contributed by atoms with E-state index in [9.17, 15) is 0 Å². The van der Waals surface area contributed by atoms with Gasteiger partial charge in [-0.2, -0.15) is 0 Å². The molecule has 1 radical (unpaired) electrons. The van der Waals surface area contributed by atoms with Crippen molar-refractivity contribution < 1.29 is 43.3 Å². The van der Waals surface area contributed by atoms with Gasteiger partial charge in [-0.15, -0.1) is 0 Å². The molecule has 0 spiro atoms. The second-order valence-electron chi connectivity index (χ2n) is 9.26. The zero-order chi connectivity index (χ0) is 29.2. The Morgan fingerprint density at radius 3 is 1.00 bits per heavy atom. The van der Waals surface area contributed by atoms with Gasteiger partial charge >= 0.3 is 46.5 Å². The molecule has 0 aliphatic heterocycles. The Hall–Kier alpha value is -3.44. The Balaban J connectivity index is 0.000000163. The summed E-state index contributed by atoms with van der Waals surface area (Å²) in [4.78, 5) is 17.4. The van der Waals surface area contributed by atoms with E-state index in [0.29, 0.717) is 0 Å². The summed E-state index contributed by atoms with van der Waals surface area (Å²) in [6, 6.07) is 24.3. The van der Waals surface area contributed by atoms with Crippen LogP contribution in [0.3, 0.4) is 0 Å². The van der Waals surface area contributed by atoms with Gasteiger partial charge in [0.25, 0.3) is 0 Å². The van der Waals surface area contributed by atoms with Crippen molar-refractivity contribution in [3.63, 3.8) is 0 Å². The first-order valence-corrected chi connectivity index (χ1v) is 15.7. The standard InChI is InChI=1S/2C12H8N2.C6H12O2.Cu.H2O4Se/c2*1-3-9-5-6-10-4-2-8-14-12(10)11(9)13-7-1;7-5-3-1-2-4-6(5)8;;1-5(2,3)4/h2*1-8H;5-8H,1-4H2;;(H2,1,2,3,4)/q;;;+2;/p-2/t;;5-,6+;;. The summed E-state index contributed by atoms with van der Waals surface area (Å²) < 4.78 is 34.4. The first kappa shape index (κ1) is 33.1. The maximum Gasteiger partial charge on any atom is 2.00 e. The topological polar surface area (TPSA) is 172 Å². The molecule has 0 saturated heterocycles. The third-order valence-corrected chi connectivity index (χ3v) is 6.38. The molecule has 42 heavy (non-hydrogen) atoms. The van der Waals surface area contributed by atoms with E-state index in [0.717, 1.165) is 69.3 Å². The van der Waals surface area contributed by atoms with Crippen molar-refractivity contribution in [2.75, 3.05) is 0 Å². The van der Waals surface area contributed by atoms with Crippen LogP contribution in [0, 0.1) is 0 Å². The summed E-state index contributed by atoms with van der Waals surface area (Å²) >= 11 is -5.75. The van der Waals surface area contributed by atoms with Crippen LogP contribution in [0.4, 0.5) is 0 Å². The molecule has 4 heterocycles. The summed E-state index contributed by atoms with van der Waals surface area (Å²) in [6.45, 7) is 0. The number of pyridine rings is 4. The van der Waals surface area contributed by atoms with Gasteiger partial charge in [0.2, 0.25) is 0 Å². The van der Waals surface area contributed by atoms with Gasteiger partial charge in [-0.1, -0.05) is 61.4 Å². The van der Waals surface area contributed by atoms with E-state index in [2.05, 4.69) is 68.5 Å². The van der Waals surface area contributed by atoms with Crippen molar-refractivity contribution in [1.29, 1.82) is 0 Å². The van der Waals surface area contributed by atoms with Crippen LogP contribution in [0.25, 0.3) is 43.6 Å². The van der Waals surface area contributed by atoms with Gasteiger partial charge in [0.05, 0.1) is 34.3 Å². The number of aromatic nitrogens is 4. The molecule has 221 valence electrons. The molecule has 1 saturated carbocycles. The fraction of sp³-hybridized carbons (Fsp3) is 0.200. The summed E-state index contributed by atoms with van der Waals surface area (Å²) in [7, 11) is 0. The van der Waals surface area contributed by atoms with Crippen molar-refractivity contribution in [2.24, 2.45) is 0 Å². The van der Waals surface area contributed by atoms with Crippen LogP contribution in [0.1, 0.15) is 25.7 Å². The minimum absolute atomic E-state index is 0. The Kier molecular flexibility index (Phi) is 12.4. The van der Waals surface area contributed by atoms with Crippen molar-refractivity contribution >= 4 is 57.0 Å². The smallest absolute Gasteiger partial charge is 0.390 e. The van der Waals surface area contributed by atoms with Gasteiger partial charge in [-0.05, 0) is 37.1 Å². The van der Waals surface area contributed by atoms with Gasteiger partial charge in [0.15, 0.2) is 0 Å². The Labute approximate surface area is 254 Å². The van der Waals surface area contributed by atoms with E-state index in [1.165, 1.54) is 0 Å². The minimum Gasteiger partial charge on any atom is -0.390 e. The first-order chi connectivity index (χ1) is 19.7. The van der Waals surface area contributed by atoms with Crippen LogP contribution in [-0.4, -0.2) is 55.7 Å². The maximum absolute atomic E-state index is 8.93. The van der Waals surface area contributed by atoms with Crippen molar-refractivity contribution in [2.45, 2.75) is 37.9 Å². The zero-order valence-electron chi connectivity index (χ0n) is 22.2.